The van der Waals surface area contributed by atoms with E-state index in [2.05, 4.69) is 46.7 Å². The average molecular weight is 352 g/mol. The molecule has 0 spiro atoms. The molecule has 26 heavy (non-hydrogen) atoms. The molecule has 0 fully saturated rings. The zero-order valence-corrected chi connectivity index (χ0v) is 16.0. The van der Waals surface area contributed by atoms with Crippen molar-refractivity contribution in [1.82, 2.24) is 5.43 Å². The highest BCUT2D eigenvalue weighted by atomic mass is 16.2. The Hall–Kier alpha value is -2.82. The Kier molecular flexibility index (Phi) is 7.21. The minimum absolute atomic E-state index is 0.177. The van der Waals surface area contributed by atoms with E-state index in [1.807, 2.05) is 50.2 Å². The van der Waals surface area contributed by atoms with Crippen LogP contribution in [0.25, 0.3) is 0 Å². The van der Waals surface area contributed by atoms with E-state index in [1.54, 1.807) is 6.21 Å². The summed E-state index contributed by atoms with van der Waals surface area (Å²) >= 11 is 0. The van der Waals surface area contributed by atoms with E-state index in [4.69, 9.17) is 0 Å². The van der Waals surface area contributed by atoms with Crippen LogP contribution in [0.1, 0.15) is 31.9 Å². The van der Waals surface area contributed by atoms with E-state index >= 15 is 0 Å². The lowest BCUT2D eigenvalue weighted by Crippen LogP contribution is -2.35. The molecular weight excluding hydrogens is 324 g/mol. The number of para-hydroxylation sites is 1. The molecule has 5 nitrogen and oxygen atoms in total. The van der Waals surface area contributed by atoms with Gasteiger partial charge in [0, 0.05) is 24.5 Å². The first-order valence-electron chi connectivity index (χ1n) is 9.05. The molecular formula is C21H28N4O. The van der Waals surface area contributed by atoms with Gasteiger partial charge in [0.05, 0.1) is 6.21 Å². The molecule has 0 aliphatic heterocycles. The van der Waals surface area contributed by atoms with Crippen molar-refractivity contribution in [2.75, 3.05) is 23.3 Å². The van der Waals surface area contributed by atoms with Crippen LogP contribution in [-0.4, -0.2) is 31.3 Å². The van der Waals surface area contributed by atoms with Gasteiger partial charge in [-0.15, -0.1) is 0 Å². The summed E-state index contributed by atoms with van der Waals surface area (Å²) in [5, 5.41) is 7.26. The molecule has 2 aromatic rings. The summed E-state index contributed by atoms with van der Waals surface area (Å²) in [4.78, 5) is 14.5. The van der Waals surface area contributed by atoms with Crippen molar-refractivity contribution in [2.24, 2.45) is 5.10 Å². The smallest absolute Gasteiger partial charge is 0.262 e. The molecule has 0 saturated carbocycles. The van der Waals surface area contributed by atoms with Crippen molar-refractivity contribution in [3.8, 4) is 0 Å². The Morgan fingerprint density at radius 1 is 1.12 bits per heavy atom. The van der Waals surface area contributed by atoms with Crippen LogP contribution in [0.3, 0.4) is 0 Å². The van der Waals surface area contributed by atoms with Gasteiger partial charge in [-0.2, -0.15) is 5.10 Å². The van der Waals surface area contributed by atoms with Crippen molar-refractivity contribution in [3.63, 3.8) is 0 Å². The number of carbonyl (C=O) groups excluding carboxylic acids is 1. The fraction of sp³-hybridized carbons (Fsp3) is 0.333. The first-order chi connectivity index (χ1) is 12.5. The summed E-state index contributed by atoms with van der Waals surface area (Å²) in [5.74, 6) is -0.177. The van der Waals surface area contributed by atoms with E-state index < -0.39 is 0 Å². The van der Waals surface area contributed by atoms with Crippen molar-refractivity contribution in [1.29, 1.82) is 0 Å². The maximum absolute atomic E-state index is 12.2. The van der Waals surface area contributed by atoms with Gasteiger partial charge in [0.25, 0.3) is 5.91 Å². The molecule has 1 amide bonds. The van der Waals surface area contributed by atoms with Crippen LogP contribution in [0.15, 0.2) is 53.6 Å². The zero-order valence-electron chi connectivity index (χ0n) is 16.0. The molecule has 2 N–H and O–H groups in total. The summed E-state index contributed by atoms with van der Waals surface area (Å²) in [6.45, 7) is 10.1. The summed E-state index contributed by atoms with van der Waals surface area (Å²) in [6.07, 6.45) is 1.66. The van der Waals surface area contributed by atoms with Gasteiger partial charge in [-0.1, -0.05) is 30.3 Å². The molecule has 0 bridgehead atoms. The van der Waals surface area contributed by atoms with Crippen molar-refractivity contribution < 1.29 is 4.79 Å². The summed E-state index contributed by atoms with van der Waals surface area (Å²) in [6, 6.07) is 15.6. The molecule has 0 heterocycles. The second-order valence-electron chi connectivity index (χ2n) is 6.18. The third-order valence-corrected chi connectivity index (χ3v) is 4.32. The van der Waals surface area contributed by atoms with Gasteiger partial charge in [0.15, 0.2) is 0 Å². The number of carbonyl (C=O) groups is 1. The Morgan fingerprint density at radius 3 is 2.38 bits per heavy atom. The third kappa shape index (κ3) is 5.34. The summed E-state index contributed by atoms with van der Waals surface area (Å²) < 4.78 is 0. The molecule has 2 rings (SSSR count). The molecule has 1 atom stereocenters. The molecule has 0 aromatic heterocycles. The summed E-state index contributed by atoms with van der Waals surface area (Å²) in [5.41, 5.74) is 6.77. The number of anilines is 2. The van der Waals surface area contributed by atoms with Crippen LogP contribution in [0.4, 0.5) is 11.4 Å². The summed E-state index contributed by atoms with van der Waals surface area (Å²) in [7, 11) is 0. The molecule has 2 aromatic carbocycles. The largest absolute Gasteiger partial charge is 0.374 e. The quantitative estimate of drug-likeness (QED) is 0.561. The molecule has 0 saturated heterocycles. The molecule has 0 aliphatic rings. The lowest BCUT2D eigenvalue weighted by Gasteiger charge is -2.20. The number of amides is 1. The van der Waals surface area contributed by atoms with E-state index in [0.29, 0.717) is 0 Å². The highest BCUT2D eigenvalue weighted by Crippen LogP contribution is 2.15. The second-order valence-corrected chi connectivity index (χ2v) is 6.18. The first-order valence-corrected chi connectivity index (χ1v) is 9.05. The van der Waals surface area contributed by atoms with E-state index in [-0.39, 0.29) is 11.9 Å². The maximum atomic E-state index is 12.2. The SMILES string of the molecule is CCN(CC)c1ccc(/C=N/NC(=O)C(C)Nc2ccccc2C)cc1. The number of nitrogens with zero attached hydrogens (tertiary/aromatic N) is 2. The number of aryl methyl sites for hydroxylation is 1. The average Bonchev–Trinajstić information content (AvgIpc) is 2.65. The molecule has 0 aliphatic carbocycles. The van der Waals surface area contributed by atoms with Crippen LogP contribution in [0.2, 0.25) is 0 Å². The maximum Gasteiger partial charge on any atom is 0.262 e. The topological polar surface area (TPSA) is 56.7 Å². The zero-order chi connectivity index (χ0) is 18.9. The normalized spacial score (nSPS) is 12.0. The lowest BCUT2D eigenvalue weighted by atomic mass is 10.2. The molecule has 5 heteroatoms. The van der Waals surface area contributed by atoms with Gasteiger partial charge in [-0.25, -0.2) is 5.43 Å². The van der Waals surface area contributed by atoms with Crippen LogP contribution in [-0.2, 0) is 4.79 Å². The van der Waals surface area contributed by atoms with Crippen molar-refractivity contribution in [3.05, 3.63) is 59.7 Å². The van der Waals surface area contributed by atoms with Gasteiger partial charge in [0.1, 0.15) is 6.04 Å². The standard InChI is InChI=1S/C21H28N4O/c1-5-25(6-2)19-13-11-18(12-14-19)15-22-24-21(26)17(4)23-20-10-8-7-9-16(20)3/h7-15,17,23H,5-6H2,1-4H3,(H,24,26)/b22-15+. The fourth-order valence-electron chi connectivity index (χ4n) is 2.66. The number of benzene rings is 2. The van der Waals surface area contributed by atoms with Crippen LogP contribution < -0.4 is 15.6 Å². The first kappa shape index (κ1) is 19.5. The highest BCUT2D eigenvalue weighted by Gasteiger charge is 2.12. The highest BCUT2D eigenvalue weighted by molar-refractivity contribution is 5.86. The van der Waals surface area contributed by atoms with E-state index in [9.17, 15) is 4.79 Å². The van der Waals surface area contributed by atoms with Gasteiger partial charge < -0.3 is 10.2 Å². The predicted molar refractivity (Wildman–Crippen MR) is 110 cm³/mol. The number of nitrogens with one attached hydrogen (secondary N) is 2. The van der Waals surface area contributed by atoms with Crippen molar-refractivity contribution >= 4 is 23.5 Å². The number of rotatable bonds is 8. The van der Waals surface area contributed by atoms with Gasteiger partial charge in [0.2, 0.25) is 0 Å². The monoisotopic (exact) mass is 352 g/mol. The molecule has 1 unspecified atom stereocenters. The van der Waals surface area contributed by atoms with Crippen LogP contribution in [0, 0.1) is 6.92 Å². The molecule has 138 valence electrons. The molecule has 0 radical (unpaired) electrons. The Bertz CT molecular complexity index is 736. The van der Waals surface area contributed by atoms with Gasteiger partial charge >= 0.3 is 0 Å². The minimum atomic E-state index is -0.377. The Balaban J connectivity index is 1.89. The Labute approximate surface area is 156 Å². The van der Waals surface area contributed by atoms with Gasteiger partial charge in [-0.05, 0) is 57.0 Å². The van der Waals surface area contributed by atoms with Crippen LogP contribution in [0.5, 0.6) is 0 Å². The number of hydrogen-bond donors (Lipinski definition) is 2. The number of hydrazone groups is 1. The lowest BCUT2D eigenvalue weighted by molar-refractivity contribution is -0.121. The minimum Gasteiger partial charge on any atom is -0.374 e. The van der Waals surface area contributed by atoms with Crippen LogP contribution >= 0.6 is 0 Å². The predicted octanol–water partition coefficient (Wildman–Crippen LogP) is 3.79. The van der Waals surface area contributed by atoms with Crippen molar-refractivity contribution in [2.45, 2.75) is 33.7 Å². The second kappa shape index (κ2) is 9.61. The number of hydrogen-bond acceptors (Lipinski definition) is 4. The Morgan fingerprint density at radius 2 is 1.77 bits per heavy atom. The van der Waals surface area contributed by atoms with E-state index in [1.165, 1.54) is 5.69 Å². The van der Waals surface area contributed by atoms with Gasteiger partial charge in [-0.3, -0.25) is 4.79 Å². The fourth-order valence-corrected chi connectivity index (χ4v) is 2.66. The van der Waals surface area contributed by atoms with E-state index in [0.717, 1.165) is 29.9 Å². The third-order valence-electron chi connectivity index (χ3n) is 4.32.